The Morgan fingerprint density at radius 1 is 1.33 bits per heavy atom. The van der Waals surface area contributed by atoms with Gasteiger partial charge >= 0.3 is 0 Å². The lowest BCUT2D eigenvalue weighted by molar-refractivity contribution is 0.0706. The Bertz CT molecular complexity index is 696. The highest BCUT2D eigenvalue weighted by Crippen LogP contribution is 2.51. The van der Waals surface area contributed by atoms with Crippen molar-refractivity contribution in [2.45, 2.75) is 32.6 Å². The fraction of sp³-hybridized carbons (Fsp3) is 0.438. The van der Waals surface area contributed by atoms with Crippen molar-refractivity contribution in [2.75, 3.05) is 6.61 Å². The molecule has 0 heterocycles. The number of nitriles is 1. The molecule has 1 saturated carbocycles. The smallest absolute Gasteiger partial charge is 0.179 e. The third kappa shape index (κ3) is 1.81. The summed E-state index contributed by atoms with van der Waals surface area (Å²) in [6.45, 7) is 1.61. The molecule has 3 rings (SSSR count). The number of fused-ring (bicyclic) bond motifs is 1. The van der Waals surface area contributed by atoms with Gasteiger partial charge in [-0.3, -0.25) is 9.59 Å². The number of carbonyl (C=O) groups excluding carboxylic acids is 2. The summed E-state index contributed by atoms with van der Waals surface area (Å²) in [6.07, 6.45) is 2.98. The fourth-order valence-electron chi connectivity index (χ4n) is 3.42. The minimum Gasteiger partial charge on any atom is -0.478 e. The van der Waals surface area contributed by atoms with E-state index in [2.05, 4.69) is 0 Å². The zero-order valence-corrected chi connectivity index (χ0v) is 12.4. The lowest BCUT2D eigenvalue weighted by Gasteiger charge is -2.17. The lowest BCUT2D eigenvalue weighted by atomic mass is 9.81. The van der Waals surface area contributed by atoms with Crippen LogP contribution in [0.2, 0.25) is 5.02 Å². The molecular weight excluding hydrogens is 290 g/mol. The first-order valence-electron chi connectivity index (χ1n) is 6.95. The number of ether oxygens (including phenoxy) is 1. The first-order chi connectivity index (χ1) is 10.0. The molecule has 0 unspecified atom stereocenters. The van der Waals surface area contributed by atoms with E-state index in [1.54, 1.807) is 13.0 Å². The highest BCUT2D eigenvalue weighted by molar-refractivity contribution is 6.40. The molecule has 4 nitrogen and oxygen atoms in total. The minimum absolute atomic E-state index is 0.122. The Labute approximate surface area is 127 Å². The second-order valence-electron chi connectivity index (χ2n) is 5.63. The van der Waals surface area contributed by atoms with Gasteiger partial charge in [0.25, 0.3) is 0 Å². The minimum atomic E-state index is -0.897. The molecule has 1 aromatic carbocycles. The maximum atomic E-state index is 12.7. The molecule has 0 aromatic heterocycles. The standard InChI is InChI=1S/C16H14ClNO3/c1-9-11(21-7-6-18)8-10-12(13(9)17)15(20)16(14(10)19)4-2-3-5-16/h8H,2-5,7H2,1H3. The van der Waals surface area contributed by atoms with Gasteiger partial charge in [0.2, 0.25) is 0 Å². The molecule has 0 amide bonds. The number of rotatable bonds is 2. The Kier molecular flexibility index (Phi) is 3.26. The molecule has 0 saturated heterocycles. The van der Waals surface area contributed by atoms with Gasteiger partial charge < -0.3 is 4.74 Å². The summed E-state index contributed by atoms with van der Waals surface area (Å²) in [7, 11) is 0. The normalized spacial score (nSPS) is 18.9. The monoisotopic (exact) mass is 303 g/mol. The van der Waals surface area contributed by atoms with Crippen LogP contribution in [0.1, 0.15) is 52.0 Å². The van der Waals surface area contributed by atoms with Crippen molar-refractivity contribution < 1.29 is 14.3 Å². The van der Waals surface area contributed by atoms with E-state index in [4.69, 9.17) is 21.6 Å². The van der Waals surface area contributed by atoms with Gasteiger partial charge in [0, 0.05) is 16.7 Å². The SMILES string of the molecule is Cc1c(OCC#N)cc2c(c1Cl)C(=O)C1(CCCC1)C2=O. The van der Waals surface area contributed by atoms with Crippen LogP contribution in [-0.4, -0.2) is 18.2 Å². The molecule has 0 radical (unpaired) electrons. The molecule has 1 aromatic rings. The zero-order chi connectivity index (χ0) is 15.2. The summed E-state index contributed by atoms with van der Waals surface area (Å²) in [6, 6.07) is 3.45. The highest BCUT2D eigenvalue weighted by Gasteiger charge is 2.55. The molecule has 5 heteroatoms. The lowest BCUT2D eigenvalue weighted by Crippen LogP contribution is -2.29. The number of hydrogen-bond donors (Lipinski definition) is 0. The molecule has 21 heavy (non-hydrogen) atoms. The average molecular weight is 304 g/mol. The van der Waals surface area contributed by atoms with E-state index in [9.17, 15) is 9.59 Å². The van der Waals surface area contributed by atoms with Crippen LogP contribution in [0.5, 0.6) is 5.75 Å². The molecule has 1 fully saturated rings. The maximum absolute atomic E-state index is 12.7. The predicted octanol–water partition coefficient (Wildman–Crippen LogP) is 3.49. The summed E-state index contributed by atoms with van der Waals surface area (Å²) in [4.78, 5) is 25.5. The third-order valence-electron chi connectivity index (χ3n) is 4.55. The molecule has 0 bridgehead atoms. The summed E-state index contributed by atoms with van der Waals surface area (Å²) in [5, 5.41) is 8.89. The van der Waals surface area contributed by atoms with Crippen LogP contribution in [0.15, 0.2) is 6.07 Å². The van der Waals surface area contributed by atoms with Gasteiger partial charge in [-0.15, -0.1) is 0 Å². The van der Waals surface area contributed by atoms with Crippen LogP contribution in [0.4, 0.5) is 0 Å². The largest absolute Gasteiger partial charge is 0.478 e. The van der Waals surface area contributed by atoms with E-state index in [0.29, 0.717) is 35.3 Å². The molecule has 108 valence electrons. The number of halogens is 1. The van der Waals surface area contributed by atoms with E-state index >= 15 is 0 Å². The number of hydrogen-bond acceptors (Lipinski definition) is 4. The first kappa shape index (κ1) is 14.1. The first-order valence-corrected chi connectivity index (χ1v) is 7.33. The van der Waals surface area contributed by atoms with E-state index in [0.717, 1.165) is 12.8 Å². The van der Waals surface area contributed by atoms with Crippen molar-refractivity contribution in [1.29, 1.82) is 5.26 Å². The average Bonchev–Trinajstić information content (AvgIpc) is 3.04. The second-order valence-corrected chi connectivity index (χ2v) is 6.01. The fourth-order valence-corrected chi connectivity index (χ4v) is 3.70. The van der Waals surface area contributed by atoms with Crippen molar-refractivity contribution in [3.63, 3.8) is 0 Å². The Balaban J connectivity index is 2.15. The number of benzene rings is 1. The Hall–Kier alpha value is -1.86. The Morgan fingerprint density at radius 2 is 2.00 bits per heavy atom. The quantitative estimate of drug-likeness (QED) is 0.784. The Morgan fingerprint density at radius 3 is 2.62 bits per heavy atom. The van der Waals surface area contributed by atoms with Crippen molar-refractivity contribution in [3.8, 4) is 11.8 Å². The molecular formula is C16H14ClNO3. The van der Waals surface area contributed by atoms with E-state index < -0.39 is 5.41 Å². The van der Waals surface area contributed by atoms with Gasteiger partial charge in [0.05, 0.1) is 10.4 Å². The summed E-state index contributed by atoms with van der Waals surface area (Å²) >= 11 is 6.31. The van der Waals surface area contributed by atoms with Gasteiger partial charge in [-0.05, 0) is 25.8 Å². The molecule has 2 aliphatic carbocycles. The van der Waals surface area contributed by atoms with Gasteiger partial charge in [-0.1, -0.05) is 24.4 Å². The van der Waals surface area contributed by atoms with E-state index in [1.807, 2.05) is 6.07 Å². The topological polar surface area (TPSA) is 67.2 Å². The van der Waals surface area contributed by atoms with Gasteiger partial charge in [0.15, 0.2) is 18.2 Å². The summed E-state index contributed by atoms with van der Waals surface area (Å²) < 4.78 is 5.32. The van der Waals surface area contributed by atoms with Crippen molar-refractivity contribution >= 4 is 23.2 Å². The van der Waals surface area contributed by atoms with E-state index in [1.165, 1.54) is 0 Å². The van der Waals surface area contributed by atoms with Crippen LogP contribution in [0.3, 0.4) is 0 Å². The molecule has 1 spiro atoms. The van der Waals surface area contributed by atoms with Crippen LogP contribution < -0.4 is 4.74 Å². The number of carbonyl (C=O) groups is 2. The van der Waals surface area contributed by atoms with Crippen molar-refractivity contribution in [2.24, 2.45) is 5.41 Å². The number of nitrogens with zero attached hydrogens (tertiary/aromatic N) is 1. The molecule has 0 aliphatic heterocycles. The summed E-state index contributed by atoms with van der Waals surface area (Å²) in [5.41, 5.74) is 0.393. The molecule has 0 N–H and O–H groups in total. The highest BCUT2D eigenvalue weighted by atomic mass is 35.5. The van der Waals surface area contributed by atoms with Crippen LogP contribution in [0, 0.1) is 23.7 Å². The van der Waals surface area contributed by atoms with E-state index in [-0.39, 0.29) is 23.2 Å². The molecule has 0 atom stereocenters. The third-order valence-corrected chi connectivity index (χ3v) is 5.03. The zero-order valence-electron chi connectivity index (χ0n) is 11.7. The molecule has 2 aliphatic rings. The number of ketones is 2. The van der Waals surface area contributed by atoms with Crippen molar-refractivity contribution in [3.05, 3.63) is 27.8 Å². The predicted molar refractivity (Wildman–Crippen MR) is 76.9 cm³/mol. The second kappa shape index (κ2) is 4.85. The van der Waals surface area contributed by atoms with Crippen LogP contribution in [-0.2, 0) is 0 Å². The number of Topliss-reactive ketones (excluding diaryl/α,β-unsaturated/α-hetero) is 2. The van der Waals surface area contributed by atoms with Gasteiger partial charge in [-0.2, -0.15) is 5.26 Å². The summed E-state index contributed by atoms with van der Waals surface area (Å²) in [5.74, 6) is 0.125. The van der Waals surface area contributed by atoms with Crippen LogP contribution in [0.25, 0.3) is 0 Å². The van der Waals surface area contributed by atoms with Crippen LogP contribution >= 0.6 is 11.6 Å². The van der Waals surface area contributed by atoms with Crippen molar-refractivity contribution in [1.82, 2.24) is 0 Å². The maximum Gasteiger partial charge on any atom is 0.179 e. The van der Waals surface area contributed by atoms with Gasteiger partial charge in [0.1, 0.15) is 11.8 Å². The van der Waals surface area contributed by atoms with Gasteiger partial charge in [-0.25, -0.2) is 0 Å².